The van der Waals surface area contributed by atoms with Crippen LogP contribution in [0.2, 0.25) is 0 Å². The van der Waals surface area contributed by atoms with Gasteiger partial charge in [0, 0.05) is 0 Å². The van der Waals surface area contributed by atoms with E-state index >= 15 is 0 Å². The summed E-state index contributed by atoms with van der Waals surface area (Å²) in [5, 5.41) is 0. The fourth-order valence-corrected chi connectivity index (χ4v) is 6.84. The van der Waals surface area contributed by atoms with E-state index in [1.807, 2.05) is 3.28 Å². The second-order valence-electron chi connectivity index (χ2n) is 5.32. The van der Waals surface area contributed by atoms with Crippen molar-refractivity contribution < 1.29 is 71.2 Å². The maximum absolute atomic E-state index is 2.46. The minimum Gasteiger partial charge on any atom is -1.00 e. The molecule has 0 N–H and O–H groups in total. The fraction of sp³-hybridized carbons (Fsp3) is 0.333. The zero-order valence-electron chi connectivity index (χ0n) is 12.3. The summed E-state index contributed by atoms with van der Waals surface area (Å²) in [7, 11) is 0. The summed E-state index contributed by atoms with van der Waals surface area (Å²) in [5.41, 5.74) is 4.73. The number of unbranched alkanes of at least 4 members (excludes halogenated alkanes) is 1. The Bertz CT molecular complexity index is 558. The average Bonchev–Trinajstić information content (AvgIpc) is 3.05. The monoisotopic (exact) mass is 580 g/mol. The van der Waals surface area contributed by atoms with Gasteiger partial charge in [-0.25, -0.2) is 0 Å². The molecule has 0 saturated heterocycles. The summed E-state index contributed by atoms with van der Waals surface area (Å²) in [6, 6.07) is 8.93. The molecule has 110 valence electrons. The normalized spacial score (nSPS) is 18.0. The predicted molar refractivity (Wildman–Crippen MR) is 78.5 cm³/mol. The third-order valence-electron chi connectivity index (χ3n) is 3.96. The summed E-state index contributed by atoms with van der Waals surface area (Å²) >= 11 is -0.503. The van der Waals surface area contributed by atoms with Gasteiger partial charge >= 0.3 is 128 Å². The number of benzene rings is 1. The summed E-state index contributed by atoms with van der Waals surface area (Å²) in [6.45, 7) is 2.29. The zero-order valence-corrected chi connectivity index (χ0v) is 19.1. The Morgan fingerprint density at radius 3 is 2.76 bits per heavy atom. The van der Waals surface area contributed by atoms with Crippen molar-refractivity contribution in [2.45, 2.75) is 36.2 Å². The average molecular weight is 581 g/mol. The summed E-state index contributed by atoms with van der Waals surface area (Å²) in [6.07, 6.45) is 14.8. The molecule has 0 fully saturated rings. The molecule has 0 radical (unpaired) electrons. The van der Waals surface area contributed by atoms with Crippen LogP contribution in [0, 0.1) is 0 Å². The number of rotatable bonds is 5. The van der Waals surface area contributed by atoms with E-state index in [0.717, 1.165) is 3.63 Å². The Hall–Kier alpha value is 0.783. The van der Waals surface area contributed by atoms with E-state index < -0.39 is 23.2 Å². The van der Waals surface area contributed by atoms with Crippen LogP contribution in [0.15, 0.2) is 51.3 Å². The molecule has 0 spiro atoms. The number of allylic oxidation sites excluding steroid dienone is 5. The molecule has 2 aliphatic rings. The zero-order chi connectivity index (χ0) is 13.1. The van der Waals surface area contributed by atoms with Gasteiger partial charge in [-0.2, -0.15) is 0 Å². The molecule has 3 rings (SSSR count). The molecule has 21 heavy (non-hydrogen) atoms. The topological polar surface area (TPSA) is 0 Å². The van der Waals surface area contributed by atoms with Gasteiger partial charge in [-0.15, -0.1) is 0 Å². The minimum atomic E-state index is -0.503. The smallest absolute Gasteiger partial charge is 1.00 e. The Balaban J connectivity index is 0.00000110. The van der Waals surface area contributed by atoms with E-state index in [1.165, 1.54) is 31.2 Å². The first-order valence-corrected chi connectivity index (χ1v) is 9.95. The summed E-state index contributed by atoms with van der Waals surface area (Å²) in [5.74, 6) is 0. The Kier molecular flexibility index (Phi) is 9.27. The van der Waals surface area contributed by atoms with Gasteiger partial charge in [0.2, 0.25) is 0 Å². The number of halogens is 2. The molecule has 0 bridgehead atoms. The molecule has 1 aromatic rings. The third-order valence-corrected chi connectivity index (χ3v) is 8.11. The van der Waals surface area contributed by atoms with Crippen LogP contribution >= 0.6 is 0 Å². The van der Waals surface area contributed by atoms with Gasteiger partial charge in [-0.05, 0) is 0 Å². The molecule has 3 heteroatoms. The summed E-state index contributed by atoms with van der Waals surface area (Å²) in [4.78, 5) is 0. The molecule has 1 aromatic carbocycles. The Morgan fingerprint density at radius 2 is 1.95 bits per heavy atom. The van der Waals surface area contributed by atoms with Gasteiger partial charge < -0.3 is 48.0 Å². The summed E-state index contributed by atoms with van der Waals surface area (Å²) < 4.78 is 2.61. The molecule has 1 unspecified atom stereocenters. The van der Waals surface area contributed by atoms with E-state index in [1.54, 1.807) is 11.1 Å². The van der Waals surface area contributed by atoms with Gasteiger partial charge in [0.05, 0.1) is 0 Å². The van der Waals surface area contributed by atoms with Crippen LogP contribution in [0.4, 0.5) is 0 Å². The largest absolute Gasteiger partial charge is 1.00 e. The van der Waals surface area contributed by atoms with E-state index in [-0.39, 0.29) is 48.0 Å². The fourth-order valence-electron chi connectivity index (χ4n) is 2.87. The van der Waals surface area contributed by atoms with Crippen molar-refractivity contribution in [2.24, 2.45) is 0 Å². The Labute approximate surface area is 174 Å². The molecule has 0 aliphatic heterocycles. The van der Waals surface area contributed by atoms with Crippen molar-refractivity contribution >= 4 is 6.08 Å². The standard InChI is InChI=1S/C9H7.C9H13.2HI.Zr/c1-2-5-9-7-3-6-8(9)4-1;1-2-3-6-9-7-4-5-8-9;;;/h1-7H;4,7H,2-3,5-6H2,1H3;2*1H;/q;;;;+2/p-2. The van der Waals surface area contributed by atoms with Crippen molar-refractivity contribution in [1.29, 1.82) is 0 Å². The minimum absolute atomic E-state index is 0. The van der Waals surface area contributed by atoms with Crippen LogP contribution in [-0.2, 0) is 23.2 Å². The first kappa shape index (κ1) is 19.8. The quantitative estimate of drug-likeness (QED) is 0.402. The van der Waals surface area contributed by atoms with Crippen molar-refractivity contribution in [3.63, 3.8) is 0 Å². The molecular weight excluding hydrogens is 561 g/mol. The second kappa shape index (κ2) is 9.82. The maximum atomic E-state index is 2.46. The molecule has 2 aliphatic carbocycles. The molecule has 0 amide bonds. The van der Waals surface area contributed by atoms with Crippen LogP contribution in [0.5, 0.6) is 0 Å². The number of hydrogen-bond donors (Lipinski definition) is 0. The molecule has 0 heterocycles. The van der Waals surface area contributed by atoms with Gasteiger partial charge in [-0.3, -0.25) is 0 Å². The first-order chi connectivity index (χ1) is 9.38. The van der Waals surface area contributed by atoms with E-state index in [4.69, 9.17) is 0 Å². The van der Waals surface area contributed by atoms with Crippen LogP contribution in [0.25, 0.3) is 6.08 Å². The predicted octanol–water partition coefficient (Wildman–Crippen LogP) is -0.751. The SMILES string of the molecule is CCCCC1=[C]([Zr+2][CH]2C=Cc3ccccc32)CC=C1.[I-].[I-]. The van der Waals surface area contributed by atoms with Gasteiger partial charge in [0.15, 0.2) is 0 Å². The Morgan fingerprint density at radius 1 is 1.14 bits per heavy atom. The van der Waals surface area contributed by atoms with Crippen LogP contribution in [0.3, 0.4) is 0 Å². The maximum Gasteiger partial charge on any atom is -1.00 e. The van der Waals surface area contributed by atoms with Crippen LogP contribution in [0.1, 0.15) is 47.4 Å². The van der Waals surface area contributed by atoms with Crippen molar-refractivity contribution in [3.8, 4) is 0 Å². The molecule has 0 nitrogen and oxygen atoms in total. The van der Waals surface area contributed by atoms with Crippen LogP contribution < -0.4 is 48.0 Å². The molecule has 0 aromatic heterocycles. The van der Waals surface area contributed by atoms with Gasteiger partial charge in [-0.1, -0.05) is 0 Å². The van der Waals surface area contributed by atoms with Crippen molar-refractivity contribution in [2.75, 3.05) is 0 Å². The van der Waals surface area contributed by atoms with Crippen molar-refractivity contribution in [1.82, 2.24) is 0 Å². The van der Waals surface area contributed by atoms with Gasteiger partial charge in [0.25, 0.3) is 0 Å². The van der Waals surface area contributed by atoms with Crippen LogP contribution in [-0.4, -0.2) is 0 Å². The van der Waals surface area contributed by atoms with E-state index in [9.17, 15) is 0 Å². The number of fused-ring (bicyclic) bond motifs is 1. The van der Waals surface area contributed by atoms with E-state index in [0.29, 0.717) is 0 Å². The van der Waals surface area contributed by atoms with Crippen molar-refractivity contribution in [3.05, 3.63) is 62.5 Å². The van der Waals surface area contributed by atoms with Gasteiger partial charge in [0.1, 0.15) is 0 Å². The second-order valence-corrected chi connectivity index (χ2v) is 9.05. The molecular formula is C18H20I2Zr. The first-order valence-electron chi connectivity index (χ1n) is 7.30. The van der Waals surface area contributed by atoms with E-state index in [2.05, 4.69) is 55.5 Å². The number of hydrogen-bond acceptors (Lipinski definition) is 0. The third kappa shape index (κ3) is 4.87. The molecule has 0 saturated carbocycles. The molecule has 1 atom stereocenters.